The zero-order valence-electron chi connectivity index (χ0n) is 16.7. The van der Waals surface area contributed by atoms with Gasteiger partial charge in [0, 0.05) is 17.7 Å². The molecule has 0 saturated carbocycles. The van der Waals surface area contributed by atoms with Gasteiger partial charge in [-0.15, -0.1) is 0 Å². The van der Waals surface area contributed by atoms with E-state index in [1.165, 1.54) is 30.3 Å². The second kappa shape index (κ2) is 10.0. The molecule has 7 heteroatoms. The molecule has 0 aliphatic heterocycles. The third-order valence-corrected chi connectivity index (χ3v) is 4.43. The van der Waals surface area contributed by atoms with E-state index in [9.17, 15) is 19.8 Å². The molecule has 0 unspecified atom stereocenters. The first-order chi connectivity index (χ1) is 15.0. The van der Waals surface area contributed by atoms with Crippen molar-refractivity contribution in [2.45, 2.75) is 13.5 Å². The maximum absolute atomic E-state index is 13.8. The van der Waals surface area contributed by atoms with Gasteiger partial charge in [-0.25, -0.2) is 4.39 Å². The molecule has 0 radical (unpaired) electrons. The molecule has 0 fully saturated rings. The van der Waals surface area contributed by atoms with Gasteiger partial charge in [0.2, 0.25) is 0 Å². The van der Waals surface area contributed by atoms with E-state index in [0.717, 1.165) is 0 Å². The van der Waals surface area contributed by atoms with E-state index in [-0.39, 0.29) is 18.1 Å². The van der Waals surface area contributed by atoms with Crippen LogP contribution in [0, 0.1) is 27.3 Å². The van der Waals surface area contributed by atoms with Gasteiger partial charge < -0.3 is 9.47 Å². The molecule has 0 aliphatic carbocycles. The molecular formula is C24H19FN2O4. The number of hydrogen-bond acceptors (Lipinski definition) is 5. The van der Waals surface area contributed by atoms with Crippen LogP contribution in [-0.2, 0) is 6.61 Å². The number of halogens is 1. The fourth-order valence-electron chi connectivity index (χ4n) is 2.88. The standard InChI is InChI=1S/C24H19FN2O4/c1-2-30-24-14-17(7-12-23(24)31-16-19-5-3-4-6-22(19)25)13-20(15-26)18-8-10-21(11-9-18)27(28)29/h3-14H,2,16H2,1H3. The van der Waals surface area contributed by atoms with Crippen molar-refractivity contribution in [3.05, 3.63) is 99.4 Å². The Bertz CT molecular complexity index is 1150. The van der Waals surface area contributed by atoms with E-state index in [0.29, 0.717) is 40.4 Å². The van der Waals surface area contributed by atoms with Crippen LogP contribution in [0.5, 0.6) is 11.5 Å². The Labute approximate surface area is 178 Å². The molecule has 3 aromatic carbocycles. The molecule has 0 amide bonds. The lowest BCUT2D eigenvalue weighted by Gasteiger charge is -2.13. The number of hydrogen-bond donors (Lipinski definition) is 0. The van der Waals surface area contributed by atoms with Gasteiger partial charge in [0.05, 0.1) is 23.2 Å². The number of allylic oxidation sites excluding steroid dienone is 1. The first-order valence-corrected chi connectivity index (χ1v) is 9.51. The summed E-state index contributed by atoms with van der Waals surface area (Å²) in [5, 5.41) is 20.4. The fourth-order valence-corrected chi connectivity index (χ4v) is 2.88. The molecular weight excluding hydrogens is 399 g/mol. The molecule has 31 heavy (non-hydrogen) atoms. The van der Waals surface area contributed by atoms with Gasteiger partial charge in [-0.05, 0) is 54.5 Å². The summed E-state index contributed by atoms with van der Waals surface area (Å²) in [7, 11) is 0. The lowest BCUT2D eigenvalue weighted by atomic mass is 10.0. The number of nitriles is 1. The lowest BCUT2D eigenvalue weighted by Crippen LogP contribution is -2.01. The normalized spacial score (nSPS) is 10.9. The highest BCUT2D eigenvalue weighted by Gasteiger charge is 2.10. The predicted molar refractivity (Wildman–Crippen MR) is 115 cm³/mol. The largest absolute Gasteiger partial charge is 0.490 e. The molecule has 0 aromatic heterocycles. The second-order valence-corrected chi connectivity index (χ2v) is 6.49. The highest BCUT2D eigenvalue weighted by atomic mass is 19.1. The molecule has 0 aliphatic rings. The van der Waals surface area contributed by atoms with Crippen LogP contribution in [-0.4, -0.2) is 11.5 Å². The van der Waals surface area contributed by atoms with Crippen LogP contribution < -0.4 is 9.47 Å². The van der Waals surface area contributed by atoms with E-state index in [1.54, 1.807) is 42.5 Å². The minimum Gasteiger partial charge on any atom is -0.490 e. The average Bonchev–Trinajstić information content (AvgIpc) is 2.78. The maximum atomic E-state index is 13.8. The number of nitro benzene ring substituents is 1. The zero-order chi connectivity index (χ0) is 22.2. The molecule has 3 aromatic rings. The first kappa shape index (κ1) is 21.5. The number of nitro groups is 1. The number of nitrogens with zero attached hydrogens (tertiary/aromatic N) is 2. The van der Waals surface area contributed by atoms with Gasteiger partial charge in [-0.1, -0.05) is 24.3 Å². The van der Waals surface area contributed by atoms with Crippen LogP contribution in [0.15, 0.2) is 66.7 Å². The molecule has 0 heterocycles. The van der Waals surface area contributed by atoms with Crippen LogP contribution in [0.3, 0.4) is 0 Å². The van der Waals surface area contributed by atoms with Crippen molar-refractivity contribution in [1.29, 1.82) is 5.26 Å². The minimum absolute atomic E-state index is 0.0453. The van der Waals surface area contributed by atoms with Crippen molar-refractivity contribution in [1.82, 2.24) is 0 Å². The van der Waals surface area contributed by atoms with Gasteiger partial charge in [-0.2, -0.15) is 5.26 Å². The summed E-state index contributed by atoms with van der Waals surface area (Å²) in [6.45, 7) is 2.28. The number of non-ortho nitro benzene ring substituents is 1. The predicted octanol–water partition coefficient (Wildman–Crippen LogP) is 5.78. The third kappa shape index (κ3) is 5.46. The monoisotopic (exact) mass is 418 g/mol. The van der Waals surface area contributed by atoms with Gasteiger partial charge in [0.25, 0.3) is 5.69 Å². The van der Waals surface area contributed by atoms with Crippen molar-refractivity contribution >= 4 is 17.3 Å². The summed E-state index contributed by atoms with van der Waals surface area (Å²) in [5.74, 6) is 0.575. The fraction of sp³-hybridized carbons (Fsp3) is 0.125. The molecule has 0 saturated heterocycles. The number of benzene rings is 3. The number of rotatable bonds is 8. The van der Waals surface area contributed by atoms with E-state index in [4.69, 9.17) is 9.47 Å². The van der Waals surface area contributed by atoms with Crippen molar-refractivity contribution in [2.24, 2.45) is 0 Å². The minimum atomic E-state index is -0.492. The summed E-state index contributed by atoms with van der Waals surface area (Å²) in [5.41, 5.74) is 1.98. The van der Waals surface area contributed by atoms with Crippen LogP contribution >= 0.6 is 0 Å². The molecule has 0 atom stereocenters. The van der Waals surface area contributed by atoms with Gasteiger partial charge in [-0.3, -0.25) is 10.1 Å². The molecule has 0 N–H and O–H groups in total. The van der Waals surface area contributed by atoms with Gasteiger partial charge >= 0.3 is 0 Å². The lowest BCUT2D eigenvalue weighted by molar-refractivity contribution is -0.384. The van der Waals surface area contributed by atoms with E-state index in [2.05, 4.69) is 6.07 Å². The van der Waals surface area contributed by atoms with E-state index in [1.807, 2.05) is 6.92 Å². The maximum Gasteiger partial charge on any atom is 0.269 e. The molecule has 6 nitrogen and oxygen atoms in total. The Hall–Kier alpha value is -4.18. The highest BCUT2D eigenvalue weighted by Crippen LogP contribution is 2.31. The summed E-state index contributed by atoms with van der Waals surface area (Å²) in [6, 6.07) is 19.4. The van der Waals surface area contributed by atoms with Crippen molar-refractivity contribution in [3.8, 4) is 17.6 Å². The molecule has 0 bridgehead atoms. The Morgan fingerprint density at radius 3 is 2.48 bits per heavy atom. The van der Waals surface area contributed by atoms with Crippen LogP contribution in [0.1, 0.15) is 23.6 Å². The van der Waals surface area contributed by atoms with Gasteiger partial charge in [0.1, 0.15) is 12.4 Å². The zero-order valence-corrected chi connectivity index (χ0v) is 16.7. The topological polar surface area (TPSA) is 85.4 Å². The Balaban J connectivity index is 1.85. The van der Waals surface area contributed by atoms with Crippen LogP contribution in [0.4, 0.5) is 10.1 Å². The second-order valence-electron chi connectivity index (χ2n) is 6.49. The Morgan fingerprint density at radius 1 is 1.10 bits per heavy atom. The van der Waals surface area contributed by atoms with E-state index < -0.39 is 4.92 Å². The summed E-state index contributed by atoms with van der Waals surface area (Å²) in [6.07, 6.45) is 1.66. The quantitative estimate of drug-likeness (QED) is 0.200. The highest BCUT2D eigenvalue weighted by molar-refractivity contribution is 5.90. The SMILES string of the molecule is CCOc1cc(C=C(C#N)c2ccc([N+](=O)[O-])cc2)ccc1OCc1ccccc1F. The average molecular weight is 418 g/mol. The smallest absolute Gasteiger partial charge is 0.269 e. The first-order valence-electron chi connectivity index (χ1n) is 9.51. The Morgan fingerprint density at radius 2 is 1.84 bits per heavy atom. The molecule has 0 spiro atoms. The Kier molecular flexibility index (Phi) is 6.97. The van der Waals surface area contributed by atoms with Crippen LogP contribution in [0.2, 0.25) is 0 Å². The molecule has 156 valence electrons. The number of ether oxygens (including phenoxy) is 2. The van der Waals surface area contributed by atoms with Crippen molar-refractivity contribution in [3.63, 3.8) is 0 Å². The molecule has 3 rings (SSSR count). The summed E-state index contributed by atoms with van der Waals surface area (Å²) >= 11 is 0. The summed E-state index contributed by atoms with van der Waals surface area (Å²) < 4.78 is 25.2. The van der Waals surface area contributed by atoms with E-state index >= 15 is 0 Å². The van der Waals surface area contributed by atoms with Gasteiger partial charge in [0.15, 0.2) is 11.5 Å². The van der Waals surface area contributed by atoms with Crippen LogP contribution in [0.25, 0.3) is 11.6 Å². The van der Waals surface area contributed by atoms with Crippen molar-refractivity contribution < 1.29 is 18.8 Å². The third-order valence-electron chi connectivity index (χ3n) is 4.43. The summed E-state index contributed by atoms with van der Waals surface area (Å²) in [4.78, 5) is 10.3. The van der Waals surface area contributed by atoms with Crippen molar-refractivity contribution in [2.75, 3.05) is 6.61 Å².